The normalized spacial score (nSPS) is 35.2. The summed E-state index contributed by atoms with van der Waals surface area (Å²) in [6.07, 6.45) is 5.05. The highest BCUT2D eigenvalue weighted by Crippen LogP contribution is 2.50. The molecule has 6 atom stereocenters. The Labute approximate surface area is 231 Å². The number of nitrogens with zero attached hydrogens (tertiary/aromatic N) is 2. The van der Waals surface area contributed by atoms with E-state index in [4.69, 9.17) is 22.3 Å². The Morgan fingerprint density at radius 3 is 1.74 bits per heavy atom. The molecule has 0 spiro atoms. The first-order valence-electron chi connectivity index (χ1n) is 14.0. The first-order chi connectivity index (χ1) is 17.7. The van der Waals surface area contributed by atoms with Crippen LogP contribution in [-0.4, -0.2) is 49.9 Å². The minimum absolute atomic E-state index is 0.0343. The number of halogens is 2. The minimum atomic E-state index is -1.96. The summed E-state index contributed by atoms with van der Waals surface area (Å²) >= 11 is 0. The molecule has 1 saturated heterocycles. The second kappa shape index (κ2) is 14.2. The Morgan fingerprint density at radius 1 is 0.974 bits per heavy atom. The van der Waals surface area contributed by atoms with Gasteiger partial charge in [0, 0.05) is 37.9 Å². The van der Waals surface area contributed by atoms with Gasteiger partial charge in [0.1, 0.15) is 0 Å². The van der Waals surface area contributed by atoms with Crippen LogP contribution in [0.25, 0.3) is 9.69 Å². The monoisotopic (exact) mass is 552 g/mol. The molecule has 3 fully saturated rings. The van der Waals surface area contributed by atoms with E-state index in [0.717, 1.165) is 19.6 Å². The molecule has 0 amide bonds. The van der Waals surface area contributed by atoms with E-state index in [1.807, 2.05) is 27.7 Å². The summed E-state index contributed by atoms with van der Waals surface area (Å²) in [5.74, 6) is 0.175. The second-order valence-electron chi connectivity index (χ2n) is 12.4. The zero-order chi connectivity index (χ0) is 29.4. The molecule has 0 aromatic carbocycles. The third-order valence-corrected chi connectivity index (χ3v) is 13.7. The summed E-state index contributed by atoms with van der Waals surface area (Å²) in [5, 5.41) is 9.60. The van der Waals surface area contributed by atoms with E-state index in [1.165, 1.54) is 12.8 Å². The van der Waals surface area contributed by atoms with E-state index in [2.05, 4.69) is 43.6 Å². The molecule has 8 heteroatoms. The van der Waals surface area contributed by atoms with E-state index in [0.29, 0.717) is 37.5 Å². The molecule has 0 bridgehead atoms. The fraction of sp³-hybridized carbons (Fsp3) is 0.800. The lowest BCUT2D eigenvalue weighted by Crippen LogP contribution is -2.44. The van der Waals surface area contributed by atoms with Crippen molar-refractivity contribution in [3.05, 3.63) is 46.6 Å². The number of aliphatic hydroxyl groups is 1. The average Bonchev–Trinajstić information content (AvgIpc) is 3.57. The zero-order valence-electron chi connectivity index (χ0n) is 25.0. The van der Waals surface area contributed by atoms with Gasteiger partial charge in [-0.05, 0) is 43.8 Å². The molecule has 0 aromatic heterocycles. The molecule has 0 radical (unpaired) electrons. The van der Waals surface area contributed by atoms with Crippen molar-refractivity contribution in [2.24, 2.45) is 11.8 Å². The van der Waals surface area contributed by atoms with Gasteiger partial charge in [-0.3, -0.25) is 0 Å². The van der Waals surface area contributed by atoms with Gasteiger partial charge in [0.2, 0.25) is 0 Å². The van der Waals surface area contributed by atoms with E-state index in [9.17, 15) is 13.9 Å². The van der Waals surface area contributed by atoms with Crippen molar-refractivity contribution in [2.45, 2.75) is 128 Å². The van der Waals surface area contributed by atoms with Gasteiger partial charge in [0.25, 0.3) is 11.1 Å². The molecule has 1 heterocycles. The van der Waals surface area contributed by atoms with Crippen molar-refractivity contribution in [3.63, 3.8) is 0 Å². The van der Waals surface area contributed by atoms with Crippen LogP contribution in [0.3, 0.4) is 0 Å². The summed E-state index contributed by atoms with van der Waals surface area (Å²) in [6.45, 7) is 35.3. The third kappa shape index (κ3) is 7.13. The lowest BCUT2D eigenvalue weighted by atomic mass is 9.84. The van der Waals surface area contributed by atoms with Gasteiger partial charge < -0.3 is 24.0 Å². The molecule has 2 saturated carbocycles. The number of aliphatic hydroxyl groups excluding tert-OH is 1. The maximum Gasteiger partial charge on any atom is 0.260 e. The molecule has 1 aliphatic heterocycles. The molecule has 1 N–H and O–H groups in total. The number of hydrogen-bond acceptors (Lipinski definition) is 3. The van der Waals surface area contributed by atoms with Crippen LogP contribution in [0.4, 0.5) is 8.78 Å². The summed E-state index contributed by atoms with van der Waals surface area (Å²) in [6, 6.07) is 0. The highest BCUT2D eigenvalue weighted by atomic mass is 28.4. The fourth-order valence-electron chi connectivity index (χ4n) is 5.54. The van der Waals surface area contributed by atoms with Crippen LogP contribution >= 0.6 is 0 Å². The fourth-order valence-corrected chi connectivity index (χ4v) is 6.82. The molecule has 5 nitrogen and oxygen atoms in total. The quantitative estimate of drug-likeness (QED) is 0.281. The molecule has 2 aliphatic carbocycles. The van der Waals surface area contributed by atoms with Gasteiger partial charge in [-0.1, -0.05) is 48.5 Å². The molecule has 0 aromatic rings. The minimum Gasteiger partial charge on any atom is -0.410 e. The van der Waals surface area contributed by atoms with Crippen molar-refractivity contribution in [2.75, 3.05) is 13.2 Å². The smallest absolute Gasteiger partial charge is 0.260 e. The Hall–Kier alpha value is -1.58. The number of ether oxygens (including phenoxy) is 1. The topological polar surface area (TPSA) is 47.4 Å². The first kappa shape index (κ1) is 34.4. The molecular formula is C30H50F2N2O3Si. The lowest BCUT2D eigenvalue weighted by Gasteiger charge is -2.38. The van der Waals surface area contributed by atoms with Crippen molar-refractivity contribution in [1.82, 2.24) is 0 Å². The highest BCUT2D eigenvalue weighted by molar-refractivity contribution is 6.74. The molecular weight excluding hydrogens is 502 g/mol. The van der Waals surface area contributed by atoms with E-state index >= 15 is 0 Å². The Bertz CT molecular complexity index is 906. The van der Waals surface area contributed by atoms with Crippen molar-refractivity contribution in [3.8, 4) is 0 Å². The maximum absolute atomic E-state index is 13.5. The Morgan fingerprint density at radius 2 is 1.42 bits per heavy atom. The highest BCUT2D eigenvalue weighted by Gasteiger charge is 2.57. The van der Waals surface area contributed by atoms with Crippen LogP contribution in [0.1, 0.15) is 87.0 Å². The summed E-state index contributed by atoms with van der Waals surface area (Å²) < 4.78 is 37.3. The van der Waals surface area contributed by atoms with Crippen LogP contribution in [0.2, 0.25) is 18.1 Å². The molecule has 3 aliphatic rings. The average molecular weight is 553 g/mol. The van der Waals surface area contributed by atoms with Crippen molar-refractivity contribution in [1.29, 1.82) is 0 Å². The third-order valence-electron chi connectivity index (χ3n) is 9.26. The van der Waals surface area contributed by atoms with Gasteiger partial charge in [-0.25, -0.2) is 21.9 Å². The van der Waals surface area contributed by atoms with Gasteiger partial charge in [-0.2, -0.15) is 0 Å². The largest absolute Gasteiger partial charge is 0.410 e. The van der Waals surface area contributed by atoms with Gasteiger partial charge >= 0.3 is 0 Å². The van der Waals surface area contributed by atoms with Crippen molar-refractivity contribution < 1.29 is 23.1 Å². The van der Waals surface area contributed by atoms with Crippen LogP contribution in [0.5, 0.6) is 0 Å². The van der Waals surface area contributed by atoms with Gasteiger partial charge in [-0.15, -0.1) is 0 Å². The number of rotatable bonds is 4. The van der Waals surface area contributed by atoms with Crippen LogP contribution in [0.15, 0.2) is 23.8 Å². The SMILES string of the molecule is C1CCOC1.[C-]#[N+][C@]1(CC)/C(=C/F)[C@H](O)C[C@@H]1C.[C-]#[N+][C@]1(CC)/C(=C/F)[C@H](O[Si](C)(C)C(C)(C)C)C[C@@H]1C. The van der Waals surface area contributed by atoms with E-state index in [-0.39, 0.29) is 28.6 Å². The predicted molar refractivity (Wildman–Crippen MR) is 153 cm³/mol. The zero-order valence-corrected chi connectivity index (χ0v) is 26.0. The van der Waals surface area contributed by atoms with Gasteiger partial charge in [0.05, 0.1) is 36.0 Å². The van der Waals surface area contributed by atoms with Crippen LogP contribution < -0.4 is 0 Å². The maximum atomic E-state index is 13.5. The summed E-state index contributed by atoms with van der Waals surface area (Å²) in [7, 11) is -1.96. The summed E-state index contributed by atoms with van der Waals surface area (Å²) in [4.78, 5) is 7.29. The molecule has 38 heavy (non-hydrogen) atoms. The second-order valence-corrected chi connectivity index (χ2v) is 17.1. The molecule has 3 rings (SSSR count). The van der Waals surface area contributed by atoms with E-state index in [1.54, 1.807) is 0 Å². The first-order valence-corrected chi connectivity index (χ1v) is 16.9. The van der Waals surface area contributed by atoms with E-state index < -0.39 is 25.5 Å². The van der Waals surface area contributed by atoms with Crippen molar-refractivity contribution >= 4 is 8.32 Å². The van der Waals surface area contributed by atoms with Crippen LogP contribution in [-0.2, 0) is 9.16 Å². The predicted octanol–water partition coefficient (Wildman–Crippen LogP) is 8.44. The standard InChI is InChI=1S/C16H28FNOSi.C10H14FNO.C4H8O/c1-9-16(18-6)12(2)10-14(13(16)11-17)19-20(7,8)15(3,4)5;1-4-10(12-3)7(2)5-9(13)8(10)6-11;1-2-4-5-3-1/h11-12,14H,9-10H2,1-5,7-8H3;6-7,9,13H,4-5H2,1-2H3;1-4H2/b13-11+;8-6+;/t12-,14+,16-;7-,9+,10-;/m00./s1. The summed E-state index contributed by atoms with van der Waals surface area (Å²) in [5.41, 5.74) is -0.680. The lowest BCUT2D eigenvalue weighted by molar-refractivity contribution is 0.198. The molecule has 216 valence electrons. The van der Waals surface area contributed by atoms with Gasteiger partial charge in [0.15, 0.2) is 8.32 Å². The molecule has 0 unspecified atom stereocenters. The number of hydrogen-bond donors (Lipinski definition) is 1. The Kier molecular flexibility index (Phi) is 12.8. The van der Waals surface area contributed by atoms with Crippen LogP contribution in [0, 0.1) is 25.0 Å². The Balaban J connectivity index is 0.000000339.